The minimum Gasteiger partial charge on any atom is -0.493 e. The van der Waals surface area contributed by atoms with Gasteiger partial charge >= 0.3 is 6.18 Å². The van der Waals surface area contributed by atoms with Gasteiger partial charge in [-0.2, -0.15) is 17.6 Å². The average Bonchev–Trinajstić information content (AvgIpc) is 3.11. The van der Waals surface area contributed by atoms with Crippen molar-refractivity contribution < 1.29 is 46.1 Å². The van der Waals surface area contributed by atoms with Gasteiger partial charge in [-0.1, -0.05) is 13.0 Å². The normalized spacial score (nSPS) is 25.0. The predicted molar refractivity (Wildman–Crippen MR) is 118 cm³/mol. The minimum absolute atomic E-state index is 0.133. The Morgan fingerprint density at radius 2 is 1.94 bits per heavy atom. The van der Waals surface area contributed by atoms with E-state index in [1.54, 1.807) is 0 Å². The van der Waals surface area contributed by atoms with E-state index in [4.69, 9.17) is 14.2 Å². The van der Waals surface area contributed by atoms with Crippen molar-refractivity contribution in [1.29, 1.82) is 0 Å². The number of benzene rings is 1. The first-order chi connectivity index (χ1) is 16.9. The molecule has 0 saturated carbocycles. The molecular weight excluding hydrogens is 491 g/mol. The molecule has 1 aromatic heterocycles. The first-order valence-corrected chi connectivity index (χ1v) is 11.1. The lowest BCUT2D eigenvalue weighted by molar-refractivity contribution is -0.272. The number of pyridine rings is 1. The second kappa shape index (κ2) is 10.7. The van der Waals surface area contributed by atoms with E-state index in [0.29, 0.717) is 12.3 Å². The number of aliphatic hydroxyl groups excluding tert-OH is 1. The van der Waals surface area contributed by atoms with E-state index in [1.165, 1.54) is 32.4 Å². The maximum atomic E-state index is 14.4. The fourth-order valence-corrected chi connectivity index (χ4v) is 4.31. The predicted octanol–water partition coefficient (Wildman–Crippen LogP) is 4.52. The molecule has 0 bridgehead atoms. The Kier molecular flexibility index (Phi) is 8.21. The van der Waals surface area contributed by atoms with Gasteiger partial charge in [0.05, 0.1) is 30.8 Å². The molecule has 2 heterocycles. The Morgan fingerprint density at radius 1 is 1.25 bits per heavy atom. The van der Waals surface area contributed by atoms with Crippen molar-refractivity contribution in [2.45, 2.75) is 50.2 Å². The van der Waals surface area contributed by atoms with Gasteiger partial charge in [0, 0.05) is 37.5 Å². The summed E-state index contributed by atoms with van der Waals surface area (Å²) in [6.45, 7) is 2.33. The molecule has 1 amide bonds. The van der Waals surface area contributed by atoms with E-state index in [0.717, 1.165) is 26.2 Å². The molecule has 198 valence electrons. The third-order valence-electron chi connectivity index (χ3n) is 6.56. The van der Waals surface area contributed by atoms with E-state index in [2.05, 4.69) is 10.3 Å². The number of carbonyl (C=O) groups is 1. The van der Waals surface area contributed by atoms with Gasteiger partial charge in [0.1, 0.15) is 6.10 Å². The zero-order valence-corrected chi connectivity index (χ0v) is 20.0. The van der Waals surface area contributed by atoms with Gasteiger partial charge in [-0.15, -0.1) is 0 Å². The van der Waals surface area contributed by atoms with Crippen LogP contribution in [0, 0.1) is 17.6 Å². The summed E-state index contributed by atoms with van der Waals surface area (Å²) in [5.41, 5.74) is -2.45. The Balaban J connectivity index is 1.94. The van der Waals surface area contributed by atoms with E-state index in [-0.39, 0.29) is 17.7 Å². The number of hydrogen-bond acceptors (Lipinski definition) is 6. The van der Waals surface area contributed by atoms with Crippen molar-refractivity contribution in [3.63, 3.8) is 0 Å². The number of aromatic nitrogens is 1. The molecule has 5 atom stereocenters. The zero-order valence-electron chi connectivity index (χ0n) is 20.0. The van der Waals surface area contributed by atoms with Crippen molar-refractivity contribution in [2.75, 3.05) is 26.1 Å². The maximum Gasteiger partial charge on any atom is 0.417 e. The molecule has 36 heavy (non-hydrogen) atoms. The number of anilines is 1. The lowest BCUT2D eigenvalue weighted by atomic mass is 9.77. The van der Waals surface area contributed by atoms with Gasteiger partial charge in [0.2, 0.25) is 5.82 Å². The summed E-state index contributed by atoms with van der Waals surface area (Å²) in [7, 11) is 2.53. The maximum absolute atomic E-state index is 14.4. The van der Waals surface area contributed by atoms with Crippen LogP contribution in [0.5, 0.6) is 5.75 Å². The molecule has 2 aromatic rings. The number of nitrogens with one attached hydrogen (secondary N) is 1. The fraction of sp³-hybridized carbons (Fsp3) is 0.500. The van der Waals surface area contributed by atoms with E-state index in [1.807, 2.05) is 0 Å². The zero-order chi connectivity index (χ0) is 26.8. The number of ether oxygens (including phenoxy) is 3. The highest BCUT2D eigenvalue weighted by molar-refractivity contribution is 5.95. The van der Waals surface area contributed by atoms with Crippen LogP contribution in [0.15, 0.2) is 30.5 Å². The van der Waals surface area contributed by atoms with Gasteiger partial charge in [-0.3, -0.25) is 9.78 Å². The van der Waals surface area contributed by atoms with Crippen LogP contribution in [-0.2, 0) is 14.3 Å². The van der Waals surface area contributed by atoms with Crippen LogP contribution in [-0.4, -0.2) is 54.7 Å². The smallest absolute Gasteiger partial charge is 0.417 e. The number of amides is 1. The summed E-state index contributed by atoms with van der Waals surface area (Å²) in [6.07, 6.45) is -5.98. The molecule has 1 aliphatic rings. The molecule has 12 heteroatoms. The van der Waals surface area contributed by atoms with Crippen LogP contribution < -0.4 is 10.1 Å². The fourth-order valence-electron chi connectivity index (χ4n) is 4.31. The summed E-state index contributed by atoms with van der Waals surface area (Å²) in [4.78, 5) is 17.2. The number of aliphatic hydroxyl groups is 1. The van der Waals surface area contributed by atoms with Crippen LogP contribution in [0.2, 0.25) is 0 Å². The highest BCUT2D eigenvalue weighted by Crippen LogP contribution is 2.55. The van der Waals surface area contributed by atoms with E-state index >= 15 is 0 Å². The van der Waals surface area contributed by atoms with E-state index < -0.39 is 59.1 Å². The molecule has 1 unspecified atom stereocenters. The molecule has 3 rings (SSSR count). The molecule has 1 saturated heterocycles. The van der Waals surface area contributed by atoms with Gasteiger partial charge in [-0.25, -0.2) is 4.39 Å². The standard InChI is InChI=1S/C24H27F5N2O5/c1-12-18(14-6-7-15(25)19(26)20(14)35-4)21(36-23(12,2)24(27,28)29)22(33)31-13-5-8-16(30-11-13)17(32)9-10-34-3/h5-8,11-12,17-18,21,32H,9-10H2,1-4H3,(H,31,33)/t12-,17?,18-,21+,23+/m0/s1. The number of alkyl halides is 3. The number of carbonyl (C=O) groups excluding carboxylic acids is 1. The van der Waals surface area contributed by atoms with Crippen LogP contribution >= 0.6 is 0 Å². The first-order valence-electron chi connectivity index (χ1n) is 11.1. The Bertz CT molecular complexity index is 1080. The van der Waals surface area contributed by atoms with Gasteiger partial charge in [0.25, 0.3) is 5.91 Å². The Labute approximate surface area is 204 Å². The van der Waals surface area contributed by atoms with Crippen LogP contribution in [0.1, 0.15) is 43.5 Å². The molecule has 1 aliphatic heterocycles. The SMILES string of the molecule is COCCC(O)c1ccc(NC(=O)[C@@H]2O[C@@](C)(C(F)(F)F)[C@@H](C)[C@H]2c2ccc(F)c(F)c2OC)cn1. The molecule has 0 aliphatic carbocycles. The Morgan fingerprint density at radius 3 is 2.50 bits per heavy atom. The monoisotopic (exact) mass is 518 g/mol. The highest BCUT2D eigenvalue weighted by atomic mass is 19.4. The largest absolute Gasteiger partial charge is 0.493 e. The van der Waals surface area contributed by atoms with E-state index in [9.17, 15) is 31.9 Å². The first kappa shape index (κ1) is 27.8. The summed E-state index contributed by atoms with van der Waals surface area (Å²) >= 11 is 0. The number of hydrogen-bond donors (Lipinski definition) is 2. The Hall–Kier alpha value is -2.83. The molecular formula is C24H27F5N2O5. The summed E-state index contributed by atoms with van der Waals surface area (Å²) in [6, 6.07) is 4.71. The summed E-state index contributed by atoms with van der Waals surface area (Å²) in [5, 5.41) is 12.5. The summed E-state index contributed by atoms with van der Waals surface area (Å²) < 4.78 is 85.5. The van der Waals surface area contributed by atoms with Crippen LogP contribution in [0.25, 0.3) is 0 Å². The van der Waals surface area contributed by atoms with Crippen molar-refractivity contribution in [3.05, 3.63) is 53.4 Å². The number of nitrogens with zero attached hydrogens (tertiary/aromatic N) is 1. The van der Waals surface area contributed by atoms with Crippen LogP contribution in [0.4, 0.5) is 27.6 Å². The van der Waals surface area contributed by atoms with Gasteiger partial charge in [-0.05, 0) is 25.1 Å². The molecule has 7 nitrogen and oxygen atoms in total. The second-order valence-corrected chi connectivity index (χ2v) is 8.70. The molecule has 1 aromatic carbocycles. The molecule has 1 fully saturated rings. The van der Waals surface area contributed by atoms with Crippen molar-refractivity contribution in [1.82, 2.24) is 4.98 Å². The number of rotatable bonds is 8. The number of methoxy groups -OCH3 is 2. The number of halogens is 5. The second-order valence-electron chi connectivity index (χ2n) is 8.70. The van der Waals surface area contributed by atoms with Gasteiger partial charge in [0.15, 0.2) is 17.2 Å². The van der Waals surface area contributed by atoms with Crippen molar-refractivity contribution >= 4 is 11.6 Å². The molecule has 0 radical (unpaired) electrons. The topological polar surface area (TPSA) is 89.9 Å². The summed E-state index contributed by atoms with van der Waals surface area (Å²) in [5.74, 6) is -6.88. The third kappa shape index (κ3) is 5.16. The lowest BCUT2D eigenvalue weighted by Crippen LogP contribution is -2.47. The lowest BCUT2D eigenvalue weighted by Gasteiger charge is -2.32. The highest BCUT2D eigenvalue weighted by Gasteiger charge is 2.65. The van der Waals surface area contributed by atoms with Crippen LogP contribution in [0.3, 0.4) is 0 Å². The van der Waals surface area contributed by atoms with Gasteiger partial charge < -0.3 is 24.6 Å². The van der Waals surface area contributed by atoms with Crippen molar-refractivity contribution in [3.8, 4) is 5.75 Å². The average molecular weight is 518 g/mol. The van der Waals surface area contributed by atoms with Crippen molar-refractivity contribution in [2.24, 2.45) is 5.92 Å². The molecule has 2 N–H and O–H groups in total. The molecule has 0 spiro atoms. The quantitative estimate of drug-likeness (QED) is 0.500. The third-order valence-corrected chi connectivity index (χ3v) is 6.56. The minimum atomic E-state index is -4.87.